The van der Waals surface area contributed by atoms with Gasteiger partial charge in [-0.05, 0) is 46.1 Å². The van der Waals surface area contributed by atoms with Gasteiger partial charge in [-0.2, -0.15) is 0 Å². The van der Waals surface area contributed by atoms with E-state index in [9.17, 15) is 4.79 Å². The van der Waals surface area contributed by atoms with Gasteiger partial charge in [-0.15, -0.1) is 11.3 Å². The molecule has 1 amide bonds. The van der Waals surface area contributed by atoms with Crippen LogP contribution in [0.15, 0.2) is 22.5 Å². The third kappa shape index (κ3) is 7.77. The van der Waals surface area contributed by atoms with Crippen LogP contribution in [-0.4, -0.2) is 67.7 Å². The Bertz CT molecular complexity index is 627. The Morgan fingerprint density at radius 3 is 2.82 bits per heavy atom. The summed E-state index contributed by atoms with van der Waals surface area (Å²) < 4.78 is 5.71. The number of thiophene rings is 1. The predicted octanol–water partition coefficient (Wildman–Crippen LogP) is 1.98. The summed E-state index contributed by atoms with van der Waals surface area (Å²) in [7, 11) is 0. The Morgan fingerprint density at radius 1 is 1.43 bits per heavy atom. The van der Waals surface area contributed by atoms with E-state index in [4.69, 9.17) is 4.74 Å². The van der Waals surface area contributed by atoms with Crippen molar-refractivity contribution in [2.75, 3.05) is 39.3 Å². The van der Waals surface area contributed by atoms with Gasteiger partial charge in [0.1, 0.15) is 6.54 Å². The molecule has 7 nitrogen and oxygen atoms in total. The highest BCUT2D eigenvalue weighted by molar-refractivity contribution is 7.10. The van der Waals surface area contributed by atoms with E-state index in [1.165, 1.54) is 4.88 Å². The van der Waals surface area contributed by atoms with Crippen LogP contribution in [0.5, 0.6) is 0 Å². The molecular weight excluding hydrogens is 374 g/mol. The number of carbonyl (C=O) groups is 1. The fourth-order valence-electron chi connectivity index (χ4n) is 3.16. The minimum atomic E-state index is -0.254. The van der Waals surface area contributed by atoms with Crippen molar-refractivity contribution in [1.29, 1.82) is 0 Å². The van der Waals surface area contributed by atoms with E-state index in [-0.39, 0.29) is 30.1 Å². The van der Waals surface area contributed by atoms with E-state index in [1.807, 2.05) is 27.7 Å². The van der Waals surface area contributed by atoms with E-state index in [0.29, 0.717) is 5.96 Å². The van der Waals surface area contributed by atoms with Crippen molar-refractivity contribution in [1.82, 2.24) is 20.9 Å². The molecule has 1 aliphatic rings. The number of amides is 1. The third-order valence-electron chi connectivity index (χ3n) is 4.29. The first kappa shape index (κ1) is 22.6. The Balaban J connectivity index is 2.01. The first-order valence-electron chi connectivity index (χ1n) is 10.0. The first-order chi connectivity index (χ1) is 13.3. The summed E-state index contributed by atoms with van der Waals surface area (Å²) in [4.78, 5) is 20.3. The zero-order chi connectivity index (χ0) is 20.6. The lowest BCUT2D eigenvalue weighted by Crippen LogP contribution is -2.48. The van der Waals surface area contributed by atoms with Crippen LogP contribution >= 0.6 is 11.3 Å². The maximum Gasteiger partial charge on any atom is 0.242 e. The quantitative estimate of drug-likeness (QED) is 0.474. The van der Waals surface area contributed by atoms with Crippen molar-refractivity contribution in [3.63, 3.8) is 0 Å². The molecule has 28 heavy (non-hydrogen) atoms. The summed E-state index contributed by atoms with van der Waals surface area (Å²) in [6.45, 7) is 14.2. The topological polar surface area (TPSA) is 78.0 Å². The van der Waals surface area contributed by atoms with Crippen LogP contribution in [0.3, 0.4) is 0 Å². The average Bonchev–Trinajstić information content (AvgIpc) is 3.12. The molecule has 1 fully saturated rings. The Hall–Kier alpha value is -1.64. The van der Waals surface area contributed by atoms with Gasteiger partial charge in [0.25, 0.3) is 0 Å². The number of nitrogens with one attached hydrogen (secondary N) is 3. The highest BCUT2D eigenvalue weighted by atomic mass is 32.1. The monoisotopic (exact) mass is 409 g/mol. The van der Waals surface area contributed by atoms with Crippen molar-refractivity contribution in [2.24, 2.45) is 4.99 Å². The summed E-state index contributed by atoms with van der Waals surface area (Å²) in [5.74, 6) is 0.580. The van der Waals surface area contributed by atoms with E-state index < -0.39 is 0 Å². The van der Waals surface area contributed by atoms with Crippen LogP contribution in [-0.2, 0) is 9.53 Å². The van der Waals surface area contributed by atoms with Crippen molar-refractivity contribution in [3.8, 4) is 0 Å². The molecule has 2 heterocycles. The predicted molar refractivity (Wildman–Crippen MR) is 116 cm³/mol. The van der Waals surface area contributed by atoms with Gasteiger partial charge >= 0.3 is 0 Å². The highest BCUT2D eigenvalue weighted by Gasteiger charge is 2.26. The van der Waals surface area contributed by atoms with E-state index >= 15 is 0 Å². The molecule has 1 saturated heterocycles. The number of nitrogens with zero attached hydrogens (tertiary/aromatic N) is 2. The van der Waals surface area contributed by atoms with Crippen molar-refractivity contribution < 1.29 is 9.53 Å². The van der Waals surface area contributed by atoms with Gasteiger partial charge in [0.15, 0.2) is 5.96 Å². The largest absolute Gasteiger partial charge is 0.376 e. The lowest BCUT2D eigenvalue weighted by molar-refractivity contribution is -0.121. The van der Waals surface area contributed by atoms with E-state index in [0.717, 1.165) is 32.8 Å². The molecule has 3 N–H and O–H groups in total. The number of aliphatic imine (C=N–C) groups is 1. The molecule has 1 aliphatic heterocycles. The molecule has 2 atom stereocenters. The van der Waals surface area contributed by atoms with Crippen LogP contribution < -0.4 is 16.0 Å². The molecule has 2 unspecified atom stereocenters. The van der Waals surface area contributed by atoms with Gasteiger partial charge < -0.3 is 20.7 Å². The first-order valence-corrected chi connectivity index (χ1v) is 10.9. The lowest BCUT2D eigenvalue weighted by atomic mass is 10.1. The standard InChI is InChI=1S/C20H35N5O2S/c1-6-21-19(23-13-18(26)24-20(3,4)5)22-12-16(17-8-7-11-28-17)25-9-10-27-15(2)14-25/h7-8,11,15-16H,6,9-10,12-14H2,1-5H3,(H,24,26)(H2,21,22,23). The lowest BCUT2D eigenvalue weighted by Gasteiger charge is -2.37. The minimum Gasteiger partial charge on any atom is -0.376 e. The van der Waals surface area contributed by atoms with Gasteiger partial charge in [-0.3, -0.25) is 9.69 Å². The summed E-state index contributed by atoms with van der Waals surface area (Å²) in [6, 6.07) is 4.52. The smallest absolute Gasteiger partial charge is 0.242 e. The molecule has 1 aromatic heterocycles. The fraction of sp³-hybridized carbons (Fsp3) is 0.700. The molecular formula is C20H35N5O2S. The number of rotatable bonds is 7. The zero-order valence-corrected chi connectivity index (χ0v) is 18.6. The minimum absolute atomic E-state index is 0.0819. The number of hydrogen-bond acceptors (Lipinski definition) is 5. The maximum absolute atomic E-state index is 12.1. The molecule has 8 heteroatoms. The molecule has 158 valence electrons. The van der Waals surface area contributed by atoms with Gasteiger partial charge in [-0.1, -0.05) is 6.07 Å². The third-order valence-corrected chi connectivity index (χ3v) is 5.26. The van der Waals surface area contributed by atoms with Crippen LogP contribution in [0.4, 0.5) is 0 Å². The van der Waals surface area contributed by atoms with E-state index in [1.54, 1.807) is 11.3 Å². The van der Waals surface area contributed by atoms with Crippen molar-refractivity contribution in [2.45, 2.75) is 52.3 Å². The van der Waals surface area contributed by atoms with Gasteiger partial charge in [-0.25, -0.2) is 4.99 Å². The molecule has 0 radical (unpaired) electrons. The second-order valence-electron chi connectivity index (χ2n) is 8.08. The number of morpholine rings is 1. The SMILES string of the molecule is CCNC(=NCC(=O)NC(C)(C)C)NCC(c1cccs1)N1CCOC(C)C1. The van der Waals surface area contributed by atoms with Crippen molar-refractivity contribution in [3.05, 3.63) is 22.4 Å². The van der Waals surface area contributed by atoms with Crippen molar-refractivity contribution >= 4 is 23.2 Å². The molecule has 0 spiro atoms. The van der Waals surface area contributed by atoms with Crippen LogP contribution in [0.2, 0.25) is 0 Å². The van der Waals surface area contributed by atoms with E-state index in [2.05, 4.69) is 50.3 Å². The number of hydrogen-bond donors (Lipinski definition) is 3. The summed E-state index contributed by atoms with van der Waals surface area (Å²) in [6.07, 6.45) is 0.235. The highest BCUT2D eigenvalue weighted by Crippen LogP contribution is 2.26. The normalized spacial score (nSPS) is 19.9. The average molecular weight is 410 g/mol. The summed E-state index contributed by atoms with van der Waals surface area (Å²) in [5.41, 5.74) is -0.254. The number of guanidine groups is 1. The Labute approximate surface area is 172 Å². The van der Waals surface area contributed by atoms with Crippen LogP contribution in [0.25, 0.3) is 0 Å². The zero-order valence-electron chi connectivity index (χ0n) is 17.7. The second kappa shape index (κ2) is 10.8. The number of ether oxygens (including phenoxy) is 1. The summed E-state index contributed by atoms with van der Waals surface area (Å²) in [5, 5.41) is 11.7. The molecule has 0 aliphatic carbocycles. The molecule has 0 aromatic carbocycles. The Morgan fingerprint density at radius 2 is 2.21 bits per heavy atom. The second-order valence-corrected chi connectivity index (χ2v) is 9.06. The number of carbonyl (C=O) groups excluding carboxylic acids is 1. The van der Waals surface area contributed by atoms with Gasteiger partial charge in [0.2, 0.25) is 5.91 Å². The summed E-state index contributed by atoms with van der Waals surface area (Å²) >= 11 is 1.77. The molecule has 0 bridgehead atoms. The van der Waals surface area contributed by atoms with Gasteiger partial charge in [0, 0.05) is 36.6 Å². The fourth-order valence-corrected chi connectivity index (χ4v) is 4.02. The molecule has 1 aromatic rings. The molecule has 2 rings (SSSR count). The van der Waals surface area contributed by atoms with Gasteiger partial charge in [0.05, 0.1) is 18.8 Å². The van der Waals surface area contributed by atoms with Crippen LogP contribution in [0, 0.1) is 0 Å². The Kier molecular flexibility index (Phi) is 8.72. The van der Waals surface area contributed by atoms with Crippen LogP contribution in [0.1, 0.15) is 45.5 Å². The maximum atomic E-state index is 12.1. The molecule has 0 saturated carbocycles.